The van der Waals surface area contributed by atoms with Gasteiger partial charge >= 0.3 is 0 Å². The maximum absolute atomic E-state index is 11.4. The summed E-state index contributed by atoms with van der Waals surface area (Å²) in [6.07, 6.45) is 2.03. The van der Waals surface area contributed by atoms with Crippen LogP contribution in [0.3, 0.4) is 0 Å². The number of carbonyl (C=O) groups is 1. The minimum absolute atomic E-state index is 0.0931. The molecule has 0 amide bonds. The van der Waals surface area contributed by atoms with Gasteiger partial charge in [0.2, 0.25) is 0 Å². The smallest absolute Gasteiger partial charge is 0.170 e. The molecule has 0 saturated heterocycles. The first kappa shape index (κ1) is 8.45. The summed E-state index contributed by atoms with van der Waals surface area (Å²) in [6.45, 7) is 1.90. The van der Waals surface area contributed by atoms with E-state index in [9.17, 15) is 4.79 Å². The number of rotatable bonds is 0. The van der Waals surface area contributed by atoms with Crippen LogP contribution in [0.1, 0.15) is 22.3 Å². The fourth-order valence-corrected chi connectivity index (χ4v) is 1.72. The Hall–Kier alpha value is -1.15. The number of hydrogen-bond acceptors (Lipinski definition) is 2. The second-order valence-corrected chi connectivity index (χ2v) is 3.49. The van der Waals surface area contributed by atoms with Crippen LogP contribution >= 0.6 is 11.6 Å². The van der Waals surface area contributed by atoms with Crippen molar-refractivity contribution in [3.63, 3.8) is 0 Å². The van der Waals surface area contributed by atoms with Crippen LogP contribution < -0.4 is 0 Å². The largest absolute Gasteiger partial charge is 0.294 e. The van der Waals surface area contributed by atoms with Gasteiger partial charge in [0.15, 0.2) is 5.78 Å². The Balaban J connectivity index is 2.71. The van der Waals surface area contributed by atoms with Crippen LogP contribution in [0.5, 0.6) is 0 Å². The molecule has 0 spiro atoms. The zero-order chi connectivity index (χ0) is 9.42. The van der Waals surface area contributed by atoms with Crippen molar-refractivity contribution < 1.29 is 4.79 Å². The van der Waals surface area contributed by atoms with Gasteiger partial charge in [0.25, 0.3) is 0 Å². The Morgan fingerprint density at radius 2 is 2.23 bits per heavy atom. The van der Waals surface area contributed by atoms with Gasteiger partial charge in [0.1, 0.15) is 0 Å². The van der Waals surface area contributed by atoms with Crippen molar-refractivity contribution in [1.29, 1.82) is 0 Å². The highest BCUT2D eigenvalue weighted by Gasteiger charge is 2.16. The summed E-state index contributed by atoms with van der Waals surface area (Å²) in [6, 6.07) is 3.50. The van der Waals surface area contributed by atoms with E-state index >= 15 is 0 Å². The van der Waals surface area contributed by atoms with Crippen molar-refractivity contribution in [3.8, 4) is 0 Å². The Morgan fingerprint density at radius 1 is 1.46 bits per heavy atom. The van der Waals surface area contributed by atoms with E-state index < -0.39 is 0 Å². The van der Waals surface area contributed by atoms with Crippen LogP contribution in [0.25, 0.3) is 0 Å². The molecule has 1 aliphatic heterocycles. The summed E-state index contributed by atoms with van der Waals surface area (Å²) in [7, 11) is 0. The number of hydrogen-bond donors (Lipinski definition) is 0. The van der Waals surface area contributed by atoms with Crippen LogP contribution in [0.2, 0.25) is 5.02 Å². The Morgan fingerprint density at radius 3 is 3.00 bits per heavy atom. The van der Waals surface area contributed by atoms with Crippen molar-refractivity contribution >= 4 is 29.3 Å². The highest BCUT2D eigenvalue weighted by atomic mass is 35.5. The normalized spacial score (nSPS) is 14.5. The summed E-state index contributed by atoms with van der Waals surface area (Å²) in [4.78, 5) is 15.6. The molecule has 0 unspecified atom stereocenters. The molecule has 0 aliphatic carbocycles. The van der Waals surface area contributed by atoms with Gasteiger partial charge in [-0.1, -0.05) is 11.6 Å². The first-order valence-electron chi connectivity index (χ1n) is 4.04. The third-order valence-electron chi connectivity index (χ3n) is 2.06. The van der Waals surface area contributed by atoms with E-state index in [-0.39, 0.29) is 5.78 Å². The third kappa shape index (κ3) is 1.38. The van der Waals surface area contributed by atoms with E-state index in [0.717, 1.165) is 11.3 Å². The van der Waals surface area contributed by atoms with Crippen LogP contribution in [-0.4, -0.2) is 12.0 Å². The van der Waals surface area contributed by atoms with Crippen LogP contribution in [0.15, 0.2) is 17.1 Å². The summed E-state index contributed by atoms with van der Waals surface area (Å²) in [5.41, 5.74) is 2.36. The fraction of sp³-hybridized carbons (Fsp3) is 0.200. The average Bonchev–Trinajstić information content (AvgIpc) is 2.07. The second kappa shape index (κ2) is 2.96. The quantitative estimate of drug-likeness (QED) is 0.623. The fourth-order valence-electron chi connectivity index (χ4n) is 1.45. The molecule has 0 bridgehead atoms. The molecule has 2 rings (SSSR count). The first-order valence-corrected chi connectivity index (χ1v) is 4.42. The molecule has 0 radical (unpaired) electrons. The highest BCUT2D eigenvalue weighted by molar-refractivity contribution is 6.31. The van der Waals surface area contributed by atoms with Gasteiger partial charge < -0.3 is 0 Å². The average molecular weight is 194 g/mol. The van der Waals surface area contributed by atoms with Crippen LogP contribution in [0, 0.1) is 6.92 Å². The van der Waals surface area contributed by atoms with Crippen molar-refractivity contribution in [1.82, 2.24) is 0 Å². The SMILES string of the molecule is Cc1cc(Cl)cc2c1N=CCC2=O. The number of Topliss-reactive ketones (excluding diaryl/α,β-unsaturated/α-hetero) is 1. The van der Waals surface area contributed by atoms with Gasteiger partial charge in [-0.15, -0.1) is 0 Å². The molecule has 0 saturated carbocycles. The number of aliphatic imine (C=N–C) groups is 1. The van der Waals surface area contributed by atoms with Gasteiger partial charge in [-0.25, -0.2) is 0 Å². The number of fused-ring (bicyclic) bond motifs is 1. The van der Waals surface area contributed by atoms with Crippen LogP contribution in [-0.2, 0) is 0 Å². The van der Waals surface area contributed by atoms with Gasteiger partial charge in [-0.05, 0) is 24.6 Å². The number of halogens is 1. The van der Waals surface area contributed by atoms with E-state index in [1.807, 2.05) is 13.0 Å². The molecule has 13 heavy (non-hydrogen) atoms. The molecule has 0 N–H and O–H groups in total. The molecular formula is C10H8ClNO. The number of aryl methyl sites for hydroxylation is 1. The standard InChI is InChI=1S/C10H8ClNO/c1-6-4-7(11)5-8-9(13)2-3-12-10(6)8/h3-5H,2H2,1H3. The molecule has 1 aromatic rings. The molecule has 0 aromatic heterocycles. The lowest BCUT2D eigenvalue weighted by molar-refractivity contribution is 0.100. The molecule has 1 aromatic carbocycles. The van der Waals surface area contributed by atoms with Crippen molar-refractivity contribution in [3.05, 3.63) is 28.3 Å². The molecule has 0 fully saturated rings. The van der Waals surface area contributed by atoms with Gasteiger partial charge in [-0.2, -0.15) is 0 Å². The molecule has 2 nitrogen and oxygen atoms in total. The maximum Gasteiger partial charge on any atom is 0.170 e. The zero-order valence-electron chi connectivity index (χ0n) is 7.17. The summed E-state index contributed by atoms with van der Waals surface area (Å²) in [5, 5.41) is 0.599. The van der Waals surface area contributed by atoms with E-state index in [1.165, 1.54) is 0 Å². The lowest BCUT2D eigenvalue weighted by Gasteiger charge is -2.11. The predicted molar refractivity (Wildman–Crippen MR) is 53.3 cm³/mol. The van der Waals surface area contributed by atoms with E-state index in [4.69, 9.17) is 11.6 Å². The summed E-state index contributed by atoms with van der Waals surface area (Å²) >= 11 is 5.84. The second-order valence-electron chi connectivity index (χ2n) is 3.06. The number of nitrogens with zero attached hydrogens (tertiary/aromatic N) is 1. The van der Waals surface area contributed by atoms with Crippen molar-refractivity contribution in [2.45, 2.75) is 13.3 Å². The molecule has 1 heterocycles. The minimum Gasteiger partial charge on any atom is -0.294 e. The monoisotopic (exact) mass is 193 g/mol. The minimum atomic E-state index is 0.0931. The molecule has 66 valence electrons. The molecule has 1 aliphatic rings. The zero-order valence-corrected chi connectivity index (χ0v) is 7.93. The number of carbonyl (C=O) groups excluding carboxylic acids is 1. The molecular weight excluding hydrogens is 186 g/mol. The van der Waals surface area contributed by atoms with Crippen LogP contribution in [0.4, 0.5) is 5.69 Å². The maximum atomic E-state index is 11.4. The number of ketones is 1. The number of benzene rings is 1. The Bertz CT molecular complexity index is 410. The highest BCUT2D eigenvalue weighted by Crippen LogP contribution is 2.30. The summed E-state index contributed by atoms with van der Waals surface area (Å²) in [5.74, 6) is 0.0931. The molecule has 0 atom stereocenters. The van der Waals surface area contributed by atoms with Gasteiger partial charge in [0, 0.05) is 23.2 Å². The first-order chi connectivity index (χ1) is 6.18. The predicted octanol–water partition coefficient (Wildman–Crippen LogP) is 2.94. The lowest BCUT2D eigenvalue weighted by Crippen LogP contribution is -2.05. The van der Waals surface area contributed by atoms with Gasteiger partial charge in [0.05, 0.1) is 5.69 Å². The topological polar surface area (TPSA) is 29.4 Å². The Kier molecular flexibility index (Phi) is 1.93. The van der Waals surface area contributed by atoms with E-state index in [2.05, 4.69) is 4.99 Å². The summed E-state index contributed by atoms with van der Waals surface area (Å²) < 4.78 is 0. The van der Waals surface area contributed by atoms with Crippen molar-refractivity contribution in [2.75, 3.05) is 0 Å². The van der Waals surface area contributed by atoms with Gasteiger partial charge in [-0.3, -0.25) is 9.79 Å². The van der Waals surface area contributed by atoms with E-state index in [1.54, 1.807) is 12.3 Å². The third-order valence-corrected chi connectivity index (χ3v) is 2.28. The van der Waals surface area contributed by atoms with E-state index in [0.29, 0.717) is 17.0 Å². The lowest BCUT2D eigenvalue weighted by atomic mass is 10.0. The molecule has 3 heteroatoms. The Labute approximate surface area is 81.2 Å². The van der Waals surface area contributed by atoms with Crippen molar-refractivity contribution in [2.24, 2.45) is 4.99 Å².